The van der Waals surface area contributed by atoms with Gasteiger partial charge in [0.1, 0.15) is 29.7 Å². The Kier molecular flexibility index (Phi) is 6.58. The summed E-state index contributed by atoms with van der Waals surface area (Å²) in [6.07, 6.45) is 1.53. The van der Waals surface area contributed by atoms with E-state index in [4.69, 9.17) is 16.3 Å². The van der Waals surface area contributed by atoms with Gasteiger partial charge in [-0.3, -0.25) is 4.79 Å². The normalized spacial score (nSPS) is 11.1. The number of nitriles is 1. The van der Waals surface area contributed by atoms with E-state index in [1.165, 1.54) is 18.2 Å². The maximum Gasteiger partial charge on any atom is 0.266 e. The predicted octanol–water partition coefficient (Wildman–Crippen LogP) is 6.32. The van der Waals surface area contributed by atoms with Gasteiger partial charge >= 0.3 is 0 Å². The molecule has 1 amide bonds. The van der Waals surface area contributed by atoms with Gasteiger partial charge in [0, 0.05) is 21.8 Å². The number of rotatable bonds is 6. The molecule has 0 unspecified atom stereocenters. The third-order valence-corrected chi connectivity index (χ3v) is 5.42. The third kappa shape index (κ3) is 5.15. The van der Waals surface area contributed by atoms with Crippen LogP contribution in [0.25, 0.3) is 16.8 Å². The second-order valence-electron chi connectivity index (χ2n) is 7.25. The topological polar surface area (TPSA) is 82.3 Å². The zero-order chi connectivity index (χ0) is 23.2. The molecular formula is C27H19ClN2O3. The highest BCUT2D eigenvalue weighted by Crippen LogP contribution is 2.31. The number of hydrogen-bond donors (Lipinski definition) is 2. The van der Waals surface area contributed by atoms with Crippen LogP contribution in [0.1, 0.15) is 11.1 Å². The van der Waals surface area contributed by atoms with Crippen molar-refractivity contribution in [3.8, 4) is 17.6 Å². The number of amides is 1. The first kappa shape index (κ1) is 21.9. The molecule has 0 saturated carbocycles. The molecule has 0 fully saturated rings. The van der Waals surface area contributed by atoms with Crippen LogP contribution in [0.2, 0.25) is 5.02 Å². The molecule has 6 heteroatoms. The minimum absolute atomic E-state index is 0.0815. The lowest BCUT2D eigenvalue weighted by molar-refractivity contribution is -0.112. The van der Waals surface area contributed by atoms with Crippen molar-refractivity contribution in [2.24, 2.45) is 0 Å². The maximum absolute atomic E-state index is 12.8. The number of benzene rings is 4. The lowest BCUT2D eigenvalue weighted by atomic mass is 10.0. The van der Waals surface area contributed by atoms with Gasteiger partial charge in [0.05, 0.1) is 0 Å². The molecule has 2 N–H and O–H groups in total. The fourth-order valence-electron chi connectivity index (χ4n) is 3.36. The van der Waals surface area contributed by atoms with Crippen LogP contribution in [-0.2, 0) is 11.4 Å². The minimum atomic E-state index is -0.562. The van der Waals surface area contributed by atoms with Crippen LogP contribution in [0.3, 0.4) is 0 Å². The lowest BCUT2D eigenvalue weighted by Gasteiger charge is -2.13. The van der Waals surface area contributed by atoms with Gasteiger partial charge in [-0.2, -0.15) is 5.26 Å². The highest BCUT2D eigenvalue weighted by atomic mass is 35.5. The molecule has 0 aliphatic rings. The van der Waals surface area contributed by atoms with Crippen LogP contribution < -0.4 is 10.1 Å². The zero-order valence-electron chi connectivity index (χ0n) is 17.5. The van der Waals surface area contributed by atoms with E-state index < -0.39 is 5.91 Å². The molecule has 162 valence electrons. The molecule has 0 aliphatic heterocycles. The van der Waals surface area contributed by atoms with Crippen molar-refractivity contribution in [2.75, 3.05) is 5.32 Å². The van der Waals surface area contributed by atoms with E-state index in [2.05, 4.69) is 5.32 Å². The Balaban J connectivity index is 1.70. The first-order valence-corrected chi connectivity index (χ1v) is 10.5. The number of nitrogens with zero attached hydrogens (tertiary/aromatic N) is 1. The zero-order valence-corrected chi connectivity index (χ0v) is 18.2. The first-order valence-electron chi connectivity index (χ1n) is 10.2. The highest BCUT2D eigenvalue weighted by molar-refractivity contribution is 6.31. The monoisotopic (exact) mass is 454 g/mol. The Labute approximate surface area is 196 Å². The summed E-state index contributed by atoms with van der Waals surface area (Å²) in [4.78, 5) is 12.8. The molecule has 33 heavy (non-hydrogen) atoms. The van der Waals surface area contributed by atoms with Gasteiger partial charge in [-0.1, -0.05) is 60.1 Å². The summed E-state index contributed by atoms with van der Waals surface area (Å²) in [6.45, 7) is 0.237. The van der Waals surface area contributed by atoms with Crippen molar-refractivity contribution < 1.29 is 14.6 Å². The summed E-state index contributed by atoms with van der Waals surface area (Å²) in [5, 5.41) is 24.2. The van der Waals surface area contributed by atoms with Crippen molar-refractivity contribution in [3.63, 3.8) is 0 Å². The number of anilines is 1. The predicted molar refractivity (Wildman–Crippen MR) is 130 cm³/mol. The number of fused-ring (bicyclic) bond motifs is 1. The van der Waals surface area contributed by atoms with Gasteiger partial charge in [0.25, 0.3) is 5.91 Å². The van der Waals surface area contributed by atoms with E-state index in [1.807, 2.05) is 60.7 Å². The van der Waals surface area contributed by atoms with Gasteiger partial charge < -0.3 is 15.2 Å². The number of phenols is 1. The van der Waals surface area contributed by atoms with Crippen molar-refractivity contribution in [3.05, 3.63) is 107 Å². The molecule has 0 aromatic heterocycles. The number of phenolic OH excluding ortho intramolecular Hbond substituents is 1. The Morgan fingerprint density at radius 2 is 1.73 bits per heavy atom. The van der Waals surface area contributed by atoms with Crippen LogP contribution in [0, 0.1) is 11.3 Å². The molecule has 4 rings (SSSR count). The summed E-state index contributed by atoms with van der Waals surface area (Å²) >= 11 is 6.26. The van der Waals surface area contributed by atoms with E-state index in [-0.39, 0.29) is 17.9 Å². The smallest absolute Gasteiger partial charge is 0.266 e. The van der Waals surface area contributed by atoms with E-state index in [0.717, 1.165) is 16.3 Å². The van der Waals surface area contributed by atoms with Crippen molar-refractivity contribution in [1.82, 2.24) is 0 Å². The van der Waals surface area contributed by atoms with Gasteiger partial charge in [-0.15, -0.1) is 0 Å². The summed E-state index contributed by atoms with van der Waals surface area (Å²) in [7, 11) is 0. The Morgan fingerprint density at radius 1 is 1.00 bits per heavy atom. The third-order valence-electron chi connectivity index (χ3n) is 5.05. The number of ether oxygens (including phenoxy) is 1. The average molecular weight is 455 g/mol. The molecule has 4 aromatic rings. The summed E-state index contributed by atoms with van der Waals surface area (Å²) in [5.74, 6) is 0.0482. The summed E-state index contributed by atoms with van der Waals surface area (Å²) in [5.41, 5.74) is 1.83. The molecular weight excluding hydrogens is 436 g/mol. The number of aromatic hydroxyl groups is 1. The number of hydrogen-bond acceptors (Lipinski definition) is 4. The van der Waals surface area contributed by atoms with Crippen LogP contribution >= 0.6 is 11.6 Å². The quantitative estimate of drug-likeness (QED) is 0.203. The largest absolute Gasteiger partial charge is 0.508 e. The number of halogens is 1. The number of carbonyl (C=O) groups is 1. The van der Waals surface area contributed by atoms with Crippen molar-refractivity contribution >= 4 is 40.0 Å². The highest BCUT2D eigenvalue weighted by Gasteiger charge is 2.14. The molecule has 0 saturated heterocycles. The minimum Gasteiger partial charge on any atom is -0.508 e. The Hall–Kier alpha value is -4.27. The Morgan fingerprint density at radius 3 is 2.48 bits per heavy atom. The molecule has 5 nitrogen and oxygen atoms in total. The van der Waals surface area contributed by atoms with Gasteiger partial charge in [0.2, 0.25) is 0 Å². The average Bonchev–Trinajstić information content (AvgIpc) is 2.83. The molecule has 0 atom stereocenters. The maximum atomic E-state index is 12.8. The second kappa shape index (κ2) is 9.90. The summed E-state index contributed by atoms with van der Waals surface area (Å²) in [6, 6.07) is 26.8. The number of carbonyl (C=O) groups excluding carboxylic acids is 1. The fourth-order valence-corrected chi connectivity index (χ4v) is 3.55. The second-order valence-corrected chi connectivity index (χ2v) is 7.66. The van der Waals surface area contributed by atoms with Crippen molar-refractivity contribution in [2.45, 2.75) is 6.61 Å². The van der Waals surface area contributed by atoms with Gasteiger partial charge in [-0.25, -0.2) is 0 Å². The first-order chi connectivity index (χ1) is 16.0. The van der Waals surface area contributed by atoms with E-state index in [1.54, 1.807) is 18.2 Å². The molecule has 0 radical (unpaired) electrons. The van der Waals surface area contributed by atoms with Crippen LogP contribution in [0.4, 0.5) is 5.69 Å². The standard InChI is InChI=1S/C27H19ClN2O3/c28-25-8-4-2-6-19(25)17-33-26-14-9-18-5-1-3-7-23(18)24(26)15-20(16-29)27(32)30-21-10-12-22(31)13-11-21/h1-15,31H,17H2,(H,30,32)/b20-15+. The number of nitrogens with one attached hydrogen (secondary N) is 1. The molecule has 4 aromatic carbocycles. The lowest BCUT2D eigenvalue weighted by Crippen LogP contribution is -2.13. The van der Waals surface area contributed by atoms with Gasteiger partial charge in [-0.05, 0) is 53.2 Å². The summed E-state index contributed by atoms with van der Waals surface area (Å²) < 4.78 is 6.07. The Bertz CT molecular complexity index is 1390. The SMILES string of the molecule is N#C/C(=C\c1c(OCc2ccccc2Cl)ccc2ccccc12)C(=O)Nc1ccc(O)cc1. The fraction of sp³-hybridized carbons (Fsp3) is 0.0370. The van der Waals surface area contributed by atoms with Crippen LogP contribution in [0.5, 0.6) is 11.5 Å². The van der Waals surface area contributed by atoms with Crippen LogP contribution in [-0.4, -0.2) is 11.0 Å². The van der Waals surface area contributed by atoms with Crippen molar-refractivity contribution in [1.29, 1.82) is 5.26 Å². The van der Waals surface area contributed by atoms with Gasteiger partial charge in [0.15, 0.2) is 0 Å². The molecule has 0 heterocycles. The van der Waals surface area contributed by atoms with E-state index in [9.17, 15) is 15.2 Å². The molecule has 0 aliphatic carbocycles. The molecule has 0 bridgehead atoms. The molecule has 0 spiro atoms. The van der Waals surface area contributed by atoms with E-state index >= 15 is 0 Å². The van der Waals surface area contributed by atoms with E-state index in [0.29, 0.717) is 22.0 Å². The van der Waals surface area contributed by atoms with Crippen LogP contribution in [0.15, 0.2) is 90.5 Å².